The lowest BCUT2D eigenvalue weighted by Crippen LogP contribution is -2.30. The van der Waals surface area contributed by atoms with E-state index in [4.69, 9.17) is 5.73 Å². The zero-order valence-corrected chi connectivity index (χ0v) is 11.1. The molecule has 2 unspecified atom stereocenters. The highest BCUT2D eigenvalue weighted by atomic mass is 32.2. The Bertz CT molecular complexity index is 446. The highest BCUT2D eigenvalue weighted by Gasteiger charge is 2.19. The molecule has 0 aromatic heterocycles. The Hall–Kier alpha value is -1.36. The average Bonchev–Trinajstić information content (AvgIpc) is 2.32. The summed E-state index contributed by atoms with van der Waals surface area (Å²) in [4.78, 5) is 11.8. The van der Waals surface area contributed by atoms with Crippen LogP contribution in [0, 0.1) is 6.92 Å². The summed E-state index contributed by atoms with van der Waals surface area (Å²) in [6.07, 6.45) is 0. The molecule has 0 saturated carbocycles. The van der Waals surface area contributed by atoms with E-state index in [1.54, 1.807) is 32.0 Å². The van der Waals surface area contributed by atoms with Gasteiger partial charge in [-0.05, 0) is 31.5 Å². The number of nitrogen functional groups attached to an aromatic ring is 1. The summed E-state index contributed by atoms with van der Waals surface area (Å²) in [7, 11) is -1.13. The van der Waals surface area contributed by atoms with Crippen LogP contribution in [0.2, 0.25) is 0 Å². The highest BCUT2D eigenvalue weighted by molar-refractivity contribution is 7.86. The molecule has 0 heterocycles. The maximum Gasteiger partial charge on any atom is 0.239 e. The van der Waals surface area contributed by atoms with Gasteiger partial charge in [0.25, 0.3) is 0 Å². The van der Waals surface area contributed by atoms with E-state index in [1.165, 1.54) is 0 Å². The van der Waals surface area contributed by atoms with Gasteiger partial charge >= 0.3 is 0 Å². The second-order valence-corrected chi connectivity index (χ2v) is 5.87. The minimum atomic E-state index is -1.13. The standard InChI is InChI=1S/C12H18N2O2S/c1-4-17(16)9(3)12(15)14-11-7-5-6-10(13)8(11)2/h5-7,9H,4,13H2,1-3H3,(H,14,15). The molecule has 2 atom stereocenters. The van der Waals surface area contributed by atoms with Crippen molar-refractivity contribution < 1.29 is 9.00 Å². The van der Waals surface area contributed by atoms with Gasteiger partial charge in [-0.3, -0.25) is 9.00 Å². The Morgan fingerprint density at radius 2 is 2.18 bits per heavy atom. The van der Waals surface area contributed by atoms with E-state index in [2.05, 4.69) is 5.32 Å². The van der Waals surface area contributed by atoms with Gasteiger partial charge in [0.05, 0.1) is 0 Å². The maximum absolute atomic E-state index is 11.8. The van der Waals surface area contributed by atoms with Crippen LogP contribution < -0.4 is 11.1 Å². The lowest BCUT2D eigenvalue weighted by Gasteiger charge is -2.13. The van der Waals surface area contributed by atoms with Gasteiger partial charge in [-0.2, -0.15) is 0 Å². The third kappa shape index (κ3) is 3.30. The molecule has 0 saturated heterocycles. The molecule has 1 rings (SSSR count). The van der Waals surface area contributed by atoms with Crippen LogP contribution in [0.25, 0.3) is 0 Å². The smallest absolute Gasteiger partial charge is 0.239 e. The Labute approximate surface area is 104 Å². The zero-order chi connectivity index (χ0) is 13.0. The molecule has 17 heavy (non-hydrogen) atoms. The molecule has 0 aliphatic rings. The summed E-state index contributed by atoms with van der Waals surface area (Å²) < 4.78 is 11.5. The Morgan fingerprint density at radius 3 is 2.76 bits per heavy atom. The first-order valence-corrected chi connectivity index (χ1v) is 6.88. The van der Waals surface area contributed by atoms with Crippen LogP contribution in [0.1, 0.15) is 19.4 Å². The molecule has 94 valence electrons. The van der Waals surface area contributed by atoms with Crippen LogP contribution in [0.4, 0.5) is 11.4 Å². The fraction of sp³-hybridized carbons (Fsp3) is 0.417. The number of rotatable bonds is 4. The number of amides is 1. The van der Waals surface area contributed by atoms with Crippen molar-refractivity contribution >= 4 is 28.1 Å². The molecule has 0 aliphatic heterocycles. The molecule has 5 heteroatoms. The summed E-state index contributed by atoms with van der Waals surface area (Å²) in [5.74, 6) is 0.240. The molecule has 0 aliphatic carbocycles. The average molecular weight is 254 g/mol. The number of anilines is 2. The largest absolute Gasteiger partial charge is 0.398 e. The van der Waals surface area contributed by atoms with Crippen molar-refractivity contribution in [3.8, 4) is 0 Å². The van der Waals surface area contributed by atoms with Crippen molar-refractivity contribution in [2.75, 3.05) is 16.8 Å². The second-order valence-electron chi connectivity index (χ2n) is 3.82. The van der Waals surface area contributed by atoms with E-state index in [0.717, 1.165) is 5.56 Å². The summed E-state index contributed by atoms with van der Waals surface area (Å²) in [6, 6.07) is 5.34. The van der Waals surface area contributed by atoms with Crippen LogP contribution in [0.3, 0.4) is 0 Å². The third-order valence-electron chi connectivity index (χ3n) is 2.68. The lowest BCUT2D eigenvalue weighted by molar-refractivity contribution is -0.115. The Morgan fingerprint density at radius 1 is 1.53 bits per heavy atom. The van der Waals surface area contributed by atoms with Crippen molar-refractivity contribution in [2.45, 2.75) is 26.0 Å². The van der Waals surface area contributed by atoms with Crippen LogP contribution in [0.5, 0.6) is 0 Å². The van der Waals surface area contributed by atoms with Gasteiger partial charge in [-0.1, -0.05) is 13.0 Å². The fourth-order valence-electron chi connectivity index (χ4n) is 1.39. The van der Waals surface area contributed by atoms with E-state index in [9.17, 15) is 9.00 Å². The number of benzene rings is 1. The van der Waals surface area contributed by atoms with Crippen LogP contribution in [-0.4, -0.2) is 21.1 Å². The maximum atomic E-state index is 11.8. The van der Waals surface area contributed by atoms with Crippen molar-refractivity contribution in [1.29, 1.82) is 0 Å². The molecule has 0 fully saturated rings. The first-order chi connectivity index (χ1) is 7.97. The van der Waals surface area contributed by atoms with Crippen molar-refractivity contribution in [3.05, 3.63) is 23.8 Å². The van der Waals surface area contributed by atoms with Crippen LogP contribution in [-0.2, 0) is 15.6 Å². The number of hydrogen-bond donors (Lipinski definition) is 2. The van der Waals surface area contributed by atoms with Crippen LogP contribution in [0.15, 0.2) is 18.2 Å². The predicted octanol–water partition coefficient (Wildman–Crippen LogP) is 1.67. The van der Waals surface area contributed by atoms with Gasteiger partial charge < -0.3 is 11.1 Å². The summed E-state index contributed by atoms with van der Waals surface area (Å²) in [5.41, 5.74) is 7.88. The SMILES string of the molecule is CCS(=O)C(C)C(=O)Nc1cccc(N)c1C. The van der Waals surface area contributed by atoms with Crippen LogP contribution >= 0.6 is 0 Å². The van der Waals surface area contributed by atoms with E-state index < -0.39 is 16.0 Å². The molecule has 1 aromatic rings. The molecular weight excluding hydrogens is 236 g/mol. The third-order valence-corrected chi connectivity index (χ3v) is 4.25. The molecule has 0 radical (unpaired) electrons. The number of nitrogens with one attached hydrogen (secondary N) is 1. The van der Waals surface area contributed by atoms with Crippen molar-refractivity contribution in [3.63, 3.8) is 0 Å². The minimum Gasteiger partial charge on any atom is -0.398 e. The number of carbonyl (C=O) groups excluding carboxylic acids is 1. The molecule has 3 N–H and O–H groups in total. The predicted molar refractivity (Wildman–Crippen MR) is 72.4 cm³/mol. The highest BCUT2D eigenvalue weighted by Crippen LogP contribution is 2.20. The molecule has 0 bridgehead atoms. The molecular formula is C12H18N2O2S. The summed E-state index contributed by atoms with van der Waals surface area (Å²) in [5, 5.41) is 2.24. The van der Waals surface area contributed by atoms with Crippen molar-refractivity contribution in [2.24, 2.45) is 0 Å². The van der Waals surface area contributed by atoms with E-state index in [-0.39, 0.29) is 5.91 Å². The number of carbonyl (C=O) groups is 1. The van der Waals surface area contributed by atoms with Crippen molar-refractivity contribution in [1.82, 2.24) is 0 Å². The second kappa shape index (κ2) is 5.82. The van der Waals surface area contributed by atoms with E-state index >= 15 is 0 Å². The summed E-state index contributed by atoms with van der Waals surface area (Å²) >= 11 is 0. The molecule has 4 nitrogen and oxygen atoms in total. The van der Waals surface area contributed by atoms with E-state index in [0.29, 0.717) is 17.1 Å². The zero-order valence-electron chi connectivity index (χ0n) is 10.3. The fourth-order valence-corrected chi connectivity index (χ4v) is 2.19. The first kappa shape index (κ1) is 13.7. The Balaban J connectivity index is 2.81. The minimum absolute atomic E-state index is 0.237. The quantitative estimate of drug-likeness (QED) is 0.803. The normalized spacial score (nSPS) is 14.1. The summed E-state index contributed by atoms with van der Waals surface area (Å²) in [6.45, 7) is 5.30. The van der Waals surface area contributed by atoms with Gasteiger partial charge in [-0.25, -0.2) is 0 Å². The molecule has 0 spiro atoms. The number of nitrogens with two attached hydrogens (primary N) is 1. The van der Waals surface area contributed by atoms with Gasteiger partial charge in [0, 0.05) is 27.9 Å². The van der Waals surface area contributed by atoms with Gasteiger partial charge in [-0.15, -0.1) is 0 Å². The first-order valence-electron chi connectivity index (χ1n) is 5.50. The monoisotopic (exact) mass is 254 g/mol. The number of hydrogen-bond acceptors (Lipinski definition) is 3. The topological polar surface area (TPSA) is 72.2 Å². The van der Waals surface area contributed by atoms with Gasteiger partial charge in [0.1, 0.15) is 5.25 Å². The van der Waals surface area contributed by atoms with Gasteiger partial charge in [0.2, 0.25) is 5.91 Å². The molecule has 1 amide bonds. The van der Waals surface area contributed by atoms with Gasteiger partial charge in [0.15, 0.2) is 0 Å². The Kier molecular flexibility index (Phi) is 4.69. The molecule has 1 aromatic carbocycles. The van der Waals surface area contributed by atoms with E-state index in [1.807, 2.05) is 6.92 Å². The lowest BCUT2D eigenvalue weighted by atomic mass is 10.1.